The number of likely N-dealkylation sites (N-methyl/N-ethyl adjacent to an activating group) is 1. The van der Waals surface area contributed by atoms with Crippen molar-refractivity contribution in [1.82, 2.24) is 31.1 Å². The number of hydrogen-bond acceptors (Lipinski definition) is 13. The Morgan fingerprint density at radius 1 is 0.800 bits per heavy atom. The highest BCUT2D eigenvalue weighted by Gasteiger charge is 2.47. The Labute approximate surface area is 408 Å². The van der Waals surface area contributed by atoms with E-state index < -0.39 is 53.9 Å². The molecule has 3 aliphatic heterocycles. The van der Waals surface area contributed by atoms with Crippen molar-refractivity contribution < 1.29 is 52.5 Å². The summed E-state index contributed by atoms with van der Waals surface area (Å²) in [6, 6.07) is 17.0. The van der Waals surface area contributed by atoms with Gasteiger partial charge in [0.25, 0.3) is 11.8 Å². The molecule has 70 heavy (non-hydrogen) atoms. The highest BCUT2D eigenvalue weighted by Crippen LogP contribution is 2.35. The standard InChI is InChI=1S/C52H65N7O11/c1-32(53-2)47(61)57-46(34-12-4-3-5-13-34)52(66)58-31-37(30-43(58)49(63)55-40-19-8-14-33-11-6-7-17-38(33)40)70-36-16-9-15-35(29-36)69-28-27-68-26-25-67-24-23-54-41-20-10-18-39-45(41)51(65)59(50(39)64)42-21-22-44(60)56-48(42)62/h6-7,9-11,15-18,20,29,32,34,37,40,42-43,46,53-54H,3-5,8,12-14,19,21-28,30-31H2,1-2H3,(H,55,63)(H,57,61)(H,56,60,62)/t32-,37-,40+,42?,43-,46-/m0/s1. The van der Waals surface area contributed by atoms with Gasteiger partial charge in [-0.05, 0) is 93.8 Å². The van der Waals surface area contributed by atoms with Crippen molar-refractivity contribution in [2.45, 2.75) is 114 Å². The van der Waals surface area contributed by atoms with Gasteiger partial charge in [-0.2, -0.15) is 0 Å². The fourth-order valence-corrected chi connectivity index (χ4v) is 10.3. The minimum atomic E-state index is -1.04. The number of aryl methyl sites for hydroxylation is 1. The number of anilines is 1. The van der Waals surface area contributed by atoms with Crippen molar-refractivity contribution in [3.63, 3.8) is 0 Å². The summed E-state index contributed by atoms with van der Waals surface area (Å²) in [5, 5.41) is 14.7. The Kier molecular flexibility index (Phi) is 16.8. The van der Waals surface area contributed by atoms with E-state index in [2.05, 4.69) is 38.7 Å². The predicted molar refractivity (Wildman–Crippen MR) is 257 cm³/mol. The number of amides is 7. The zero-order chi connectivity index (χ0) is 49.1. The van der Waals surface area contributed by atoms with Gasteiger partial charge in [0.2, 0.25) is 29.5 Å². The predicted octanol–water partition coefficient (Wildman–Crippen LogP) is 3.83. The molecule has 0 radical (unpaired) electrons. The largest absolute Gasteiger partial charge is 0.491 e. The molecule has 5 N–H and O–H groups in total. The summed E-state index contributed by atoms with van der Waals surface area (Å²) in [6.45, 7) is 3.72. The maximum absolute atomic E-state index is 14.8. The first-order valence-corrected chi connectivity index (χ1v) is 24.8. The number of likely N-dealkylation sites (tertiary alicyclic amines) is 1. The Morgan fingerprint density at radius 3 is 2.36 bits per heavy atom. The van der Waals surface area contributed by atoms with Gasteiger partial charge in [0.15, 0.2) is 0 Å². The van der Waals surface area contributed by atoms with E-state index in [9.17, 15) is 33.6 Å². The second kappa shape index (κ2) is 23.5. The molecule has 0 spiro atoms. The molecule has 5 aliphatic rings. The highest BCUT2D eigenvalue weighted by molar-refractivity contribution is 6.25. The van der Waals surface area contributed by atoms with Crippen LogP contribution in [0.25, 0.3) is 0 Å². The number of benzene rings is 3. The van der Waals surface area contributed by atoms with Crippen molar-refractivity contribution in [2.24, 2.45) is 5.92 Å². The minimum absolute atomic E-state index is 0.0368. The average Bonchev–Trinajstić information content (AvgIpc) is 3.91. The summed E-state index contributed by atoms with van der Waals surface area (Å²) in [5.74, 6) is -1.93. The van der Waals surface area contributed by atoms with Crippen LogP contribution in [0.3, 0.4) is 0 Å². The fraction of sp³-hybridized carbons (Fsp3) is 0.519. The van der Waals surface area contributed by atoms with Gasteiger partial charge in [-0.15, -0.1) is 0 Å². The van der Waals surface area contributed by atoms with E-state index in [0.29, 0.717) is 36.9 Å². The van der Waals surface area contributed by atoms with Crippen LogP contribution in [0.2, 0.25) is 0 Å². The van der Waals surface area contributed by atoms with E-state index in [1.165, 1.54) is 5.56 Å². The van der Waals surface area contributed by atoms with Crippen LogP contribution in [0.5, 0.6) is 11.5 Å². The quantitative estimate of drug-likeness (QED) is 0.0758. The molecule has 3 heterocycles. The average molecular weight is 964 g/mol. The van der Waals surface area contributed by atoms with Gasteiger partial charge in [-0.25, -0.2) is 0 Å². The third-order valence-corrected chi connectivity index (χ3v) is 14.1. The van der Waals surface area contributed by atoms with E-state index in [1.54, 1.807) is 43.1 Å². The number of ether oxygens (including phenoxy) is 4. The molecule has 2 aliphatic carbocycles. The lowest BCUT2D eigenvalue weighted by Gasteiger charge is -2.35. The van der Waals surface area contributed by atoms with E-state index in [1.807, 2.05) is 30.3 Å². The first-order valence-electron chi connectivity index (χ1n) is 24.8. The second-order valence-corrected chi connectivity index (χ2v) is 18.7. The Hall–Kier alpha value is -6.37. The zero-order valence-corrected chi connectivity index (χ0v) is 40.0. The van der Waals surface area contributed by atoms with Gasteiger partial charge in [0, 0.05) is 31.1 Å². The Bertz CT molecular complexity index is 2410. The molecule has 2 saturated heterocycles. The van der Waals surface area contributed by atoms with Crippen molar-refractivity contribution >= 4 is 47.0 Å². The van der Waals surface area contributed by atoms with Crippen LogP contribution >= 0.6 is 0 Å². The van der Waals surface area contributed by atoms with Crippen LogP contribution in [0.15, 0.2) is 66.7 Å². The molecule has 18 heteroatoms. The number of piperidine rings is 1. The molecule has 3 aromatic carbocycles. The molecule has 1 saturated carbocycles. The minimum Gasteiger partial charge on any atom is -0.491 e. The number of nitrogens with zero attached hydrogens (tertiary/aromatic N) is 2. The lowest BCUT2D eigenvalue weighted by atomic mass is 9.83. The topological polar surface area (TPSA) is 223 Å². The SMILES string of the molecule is CN[C@@H](C)C(=O)N[C@H](C(=O)N1C[C@@H](Oc2cccc(OCCOCCOCCNc3cccc4c3C(=O)N(C3CCC(=O)NC3=O)C4=O)c2)C[C@H]1C(=O)N[C@@H]1CCCc2ccccc21)C1CCCCC1. The normalized spacial score (nSPS) is 22.1. The summed E-state index contributed by atoms with van der Waals surface area (Å²) in [7, 11) is 1.71. The summed E-state index contributed by atoms with van der Waals surface area (Å²) in [4.78, 5) is 95.5. The molecule has 1 unspecified atom stereocenters. The first kappa shape index (κ1) is 50.0. The van der Waals surface area contributed by atoms with Crippen molar-refractivity contribution in [2.75, 3.05) is 58.5 Å². The molecular weight excluding hydrogens is 899 g/mol. The number of rotatable bonds is 21. The third kappa shape index (κ3) is 11.8. The van der Waals surface area contributed by atoms with Gasteiger partial charge in [-0.1, -0.05) is 55.7 Å². The van der Waals surface area contributed by atoms with Crippen LogP contribution in [-0.4, -0.2) is 135 Å². The van der Waals surface area contributed by atoms with Gasteiger partial charge in [0.1, 0.15) is 42.3 Å². The third-order valence-electron chi connectivity index (χ3n) is 14.1. The van der Waals surface area contributed by atoms with Gasteiger partial charge in [0.05, 0.1) is 56.2 Å². The van der Waals surface area contributed by atoms with Gasteiger partial charge in [-0.3, -0.25) is 43.8 Å². The maximum Gasteiger partial charge on any atom is 0.264 e. The first-order chi connectivity index (χ1) is 34.0. The number of carbonyl (C=O) groups excluding carboxylic acids is 7. The highest BCUT2D eigenvalue weighted by atomic mass is 16.5. The summed E-state index contributed by atoms with van der Waals surface area (Å²) >= 11 is 0. The van der Waals surface area contributed by atoms with Crippen LogP contribution in [0, 0.1) is 5.92 Å². The number of nitrogens with one attached hydrogen (secondary N) is 5. The van der Waals surface area contributed by atoms with Crippen LogP contribution in [-0.2, 0) is 39.9 Å². The molecule has 6 atom stereocenters. The van der Waals surface area contributed by atoms with Crippen molar-refractivity contribution in [3.05, 3.63) is 89.0 Å². The van der Waals surface area contributed by atoms with E-state index >= 15 is 0 Å². The van der Waals surface area contributed by atoms with E-state index in [0.717, 1.165) is 61.8 Å². The van der Waals surface area contributed by atoms with Crippen LogP contribution in [0.1, 0.15) is 109 Å². The maximum atomic E-state index is 14.8. The smallest absolute Gasteiger partial charge is 0.264 e. The van der Waals surface area contributed by atoms with Crippen LogP contribution in [0.4, 0.5) is 5.69 Å². The van der Waals surface area contributed by atoms with Crippen molar-refractivity contribution in [3.8, 4) is 11.5 Å². The van der Waals surface area contributed by atoms with E-state index in [-0.39, 0.29) is 86.4 Å². The number of imide groups is 2. The lowest BCUT2D eigenvalue weighted by molar-refractivity contribution is -0.143. The zero-order valence-electron chi connectivity index (χ0n) is 40.0. The van der Waals surface area contributed by atoms with Crippen molar-refractivity contribution in [1.29, 1.82) is 0 Å². The molecule has 3 fully saturated rings. The van der Waals surface area contributed by atoms with Gasteiger partial charge >= 0.3 is 0 Å². The Balaban J connectivity index is 0.808. The molecule has 0 aromatic heterocycles. The number of carbonyl (C=O) groups is 7. The number of fused-ring (bicyclic) bond motifs is 2. The molecule has 18 nitrogen and oxygen atoms in total. The molecule has 7 amide bonds. The fourth-order valence-electron chi connectivity index (χ4n) is 10.3. The van der Waals surface area contributed by atoms with Gasteiger partial charge < -0.3 is 45.1 Å². The summed E-state index contributed by atoms with van der Waals surface area (Å²) in [6.07, 6.45) is 7.31. The lowest BCUT2D eigenvalue weighted by Crippen LogP contribution is -2.58. The van der Waals surface area contributed by atoms with E-state index in [4.69, 9.17) is 18.9 Å². The number of hydrogen-bond donors (Lipinski definition) is 5. The molecular formula is C52H65N7O11. The molecule has 374 valence electrons. The molecule has 0 bridgehead atoms. The van der Waals surface area contributed by atoms with Crippen LogP contribution < -0.4 is 36.1 Å². The second-order valence-electron chi connectivity index (χ2n) is 18.7. The summed E-state index contributed by atoms with van der Waals surface area (Å²) in [5.41, 5.74) is 3.16. The summed E-state index contributed by atoms with van der Waals surface area (Å²) < 4.78 is 23.9. The molecule has 8 rings (SSSR count). The molecule has 3 aromatic rings. The monoisotopic (exact) mass is 963 g/mol. The Morgan fingerprint density at radius 2 is 1.56 bits per heavy atom.